The molecule has 1 aliphatic heterocycles. The van der Waals surface area contributed by atoms with Crippen LogP contribution in [-0.4, -0.2) is 57.3 Å². The van der Waals surface area contributed by atoms with Crippen LogP contribution >= 0.6 is 11.9 Å². The topological polar surface area (TPSA) is 122 Å². The third-order valence-electron chi connectivity index (χ3n) is 6.00. The highest BCUT2D eigenvalue weighted by atomic mass is 32.2. The van der Waals surface area contributed by atoms with Crippen molar-refractivity contribution in [3.05, 3.63) is 70.7 Å². The normalized spacial score (nSPS) is 15.0. The Labute approximate surface area is 239 Å². The lowest BCUT2D eigenvalue weighted by molar-refractivity contribution is -0.153. The van der Waals surface area contributed by atoms with Crippen molar-refractivity contribution >= 4 is 23.8 Å². The Balaban J connectivity index is 1.52. The van der Waals surface area contributed by atoms with Gasteiger partial charge in [0, 0.05) is 24.4 Å². The summed E-state index contributed by atoms with van der Waals surface area (Å²) in [7, 11) is 0. The van der Waals surface area contributed by atoms with Gasteiger partial charge in [-0.3, -0.25) is 14.3 Å². The zero-order valence-corrected chi connectivity index (χ0v) is 22.4. The maximum Gasteiger partial charge on any atom is 0.422 e. The Morgan fingerprint density at radius 1 is 1.19 bits per heavy atom. The number of halogens is 6. The number of alkyl halides is 6. The van der Waals surface area contributed by atoms with Crippen LogP contribution in [0.5, 0.6) is 5.75 Å². The van der Waals surface area contributed by atoms with Gasteiger partial charge in [-0.15, -0.1) is 0 Å². The standard InChI is InChI=1S/C26H22F6N6O3S/c27-25(28,29)8-9-42-37-24(40)22-21-19(36-38(22)20-7-5-16(12-33)13-34-20)11-17(35-23(21)39)6-4-15-2-1-3-18(10-15)41-14-26(30,31)32/h1-3,5,7,10,13,17H,4,6,8-9,11,14H2,(H,35,39)(H,37,40). The molecule has 16 heteroatoms. The fraction of sp³-hybridized carbons (Fsp3) is 0.346. The first-order valence-electron chi connectivity index (χ1n) is 12.4. The van der Waals surface area contributed by atoms with Crippen molar-refractivity contribution in [2.24, 2.45) is 0 Å². The molecule has 0 saturated heterocycles. The molecule has 1 aromatic carbocycles. The number of nitrogens with one attached hydrogen (secondary N) is 2. The van der Waals surface area contributed by atoms with Gasteiger partial charge in [0.15, 0.2) is 12.4 Å². The van der Waals surface area contributed by atoms with Crippen LogP contribution in [-0.2, 0) is 12.8 Å². The Kier molecular flexibility index (Phi) is 9.30. The van der Waals surface area contributed by atoms with E-state index in [0.29, 0.717) is 30.4 Å². The number of rotatable bonds is 10. The van der Waals surface area contributed by atoms with Crippen molar-refractivity contribution in [3.8, 4) is 17.6 Å². The largest absolute Gasteiger partial charge is 0.484 e. The number of aromatic nitrogens is 3. The lowest BCUT2D eigenvalue weighted by Gasteiger charge is -2.23. The summed E-state index contributed by atoms with van der Waals surface area (Å²) in [6.07, 6.45) is -7.83. The Morgan fingerprint density at radius 2 is 1.98 bits per heavy atom. The fourth-order valence-corrected chi connectivity index (χ4v) is 4.81. The minimum Gasteiger partial charge on any atom is -0.484 e. The predicted octanol–water partition coefficient (Wildman–Crippen LogP) is 4.70. The Hall–Kier alpha value is -4.26. The van der Waals surface area contributed by atoms with Gasteiger partial charge >= 0.3 is 12.4 Å². The smallest absolute Gasteiger partial charge is 0.422 e. The summed E-state index contributed by atoms with van der Waals surface area (Å²) < 4.78 is 83.2. The van der Waals surface area contributed by atoms with Gasteiger partial charge in [-0.2, -0.15) is 36.7 Å². The summed E-state index contributed by atoms with van der Waals surface area (Å²) in [5.74, 6) is -1.77. The van der Waals surface area contributed by atoms with E-state index in [1.165, 1.54) is 30.5 Å². The van der Waals surface area contributed by atoms with Gasteiger partial charge in [0.05, 0.1) is 23.2 Å². The fourth-order valence-electron chi connectivity index (χ4n) is 4.14. The number of amides is 2. The van der Waals surface area contributed by atoms with Crippen LogP contribution < -0.4 is 14.8 Å². The zero-order valence-electron chi connectivity index (χ0n) is 21.6. The molecule has 2 amide bonds. The van der Waals surface area contributed by atoms with E-state index >= 15 is 0 Å². The number of benzene rings is 1. The number of pyridine rings is 1. The number of hydrogen-bond donors (Lipinski definition) is 2. The second kappa shape index (κ2) is 12.7. The van der Waals surface area contributed by atoms with Crippen molar-refractivity contribution < 1.29 is 40.7 Å². The van der Waals surface area contributed by atoms with E-state index < -0.39 is 49.0 Å². The number of aryl methyl sites for hydroxylation is 1. The molecule has 1 aliphatic rings. The van der Waals surface area contributed by atoms with E-state index in [1.807, 2.05) is 6.07 Å². The monoisotopic (exact) mass is 612 g/mol. The first-order chi connectivity index (χ1) is 19.8. The average Bonchev–Trinajstić information content (AvgIpc) is 3.33. The van der Waals surface area contributed by atoms with Crippen molar-refractivity contribution in [2.75, 3.05) is 12.4 Å². The van der Waals surface area contributed by atoms with Crippen molar-refractivity contribution in [1.29, 1.82) is 5.26 Å². The predicted molar refractivity (Wildman–Crippen MR) is 138 cm³/mol. The summed E-state index contributed by atoms with van der Waals surface area (Å²) in [6.45, 7) is -1.43. The summed E-state index contributed by atoms with van der Waals surface area (Å²) in [4.78, 5) is 30.4. The van der Waals surface area contributed by atoms with Crippen LogP contribution in [0.1, 0.15) is 50.5 Å². The third-order valence-corrected chi connectivity index (χ3v) is 6.74. The van der Waals surface area contributed by atoms with E-state index in [1.54, 1.807) is 12.1 Å². The molecule has 222 valence electrons. The molecule has 3 aromatic rings. The van der Waals surface area contributed by atoms with E-state index in [-0.39, 0.29) is 40.5 Å². The van der Waals surface area contributed by atoms with E-state index in [9.17, 15) is 35.9 Å². The van der Waals surface area contributed by atoms with E-state index in [0.717, 1.165) is 4.68 Å². The number of carbonyl (C=O) groups is 2. The van der Waals surface area contributed by atoms with Crippen molar-refractivity contribution in [3.63, 3.8) is 0 Å². The molecule has 1 atom stereocenters. The van der Waals surface area contributed by atoms with Gasteiger partial charge < -0.3 is 10.1 Å². The SMILES string of the molecule is N#Cc1ccc(-n2nc3c(c2C(=O)NSCCC(F)(F)F)C(=O)NC(CCc2cccc(OCC(F)(F)F)c2)C3)nc1. The van der Waals surface area contributed by atoms with Gasteiger partial charge in [-0.25, -0.2) is 9.67 Å². The van der Waals surface area contributed by atoms with Gasteiger partial charge in [0.2, 0.25) is 0 Å². The second-order valence-electron chi connectivity index (χ2n) is 9.21. The molecule has 3 heterocycles. The molecule has 0 radical (unpaired) electrons. The summed E-state index contributed by atoms with van der Waals surface area (Å²) >= 11 is 0.532. The highest BCUT2D eigenvalue weighted by molar-refractivity contribution is 7.97. The molecular formula is C26H22F6N6O3S. The van der Waals surface area contributed by atoms with Crippen LogP contribution in [0.3, 0.4) is 0 Å². The lowest BCUT2D eigenvalue weighted by atomic mass is 9.95. The molecular weight excluding hydrogens is 590 g/mol. The summed E-state index contributed by atoms with van der Waals surface area (Å²) in [5, 5.41) is 16.3. The van der Waals surface area contributed by atoms with Gasteiger partial charge in [-0.1, -0.05) is 12.1 Å². The molecule has 0 aliphatic carbocycles. The van der Waals surface area contributed by atoms with Crippen LogP contribution in [0, 0.1) is 11.3 Å². The minimum absolute atomic E-state index is 0.0530. The van der Waals surface area contributed by atoms with Crippen molar-refractivity contribution in [2.45, 2.75) is 44.1 Å². The molecule has 4 rings (SSSR count). The quantitative estimate of drug-likeness (QED) is 0.193. The number of fused-ring (bicyclic) bond motifs is 1. The molecule has 0 fully saturated rings. The van der Waals surface area contributed by atoms with Crippen LogP contribution in [0.15, 0.2) is 42.6 Å². The van der Waals surface area contributed by atoms with Gasteiger partial charge in [0.1, 0.15) is 17.5 Å². The van der Waals surface area contributed by atoms with Crippen LogP contribution in [0.25, 0.3) is 5.82 Å². The molecule has 0 spiro atoms. The number of carbonyl (C=O) groups excluding carboxylic acids is 2. The molecule has 0 bridgehead atoms. The van der Waals surface area contributed by atoms with Gasteiger partial charge in [-0.05, 0) is 54.6 Å². The summed E-state index contributed by atoms with van der Waals surface area (Å²) in [6, 6.07) is 10.5. The van der Waals surface area contributed by atoms with Crippen LogP contribution in [0.2, 0.25) is 0 Å². The molecule has 2 N–H and O–H groups in total. The Bertz CT molecular complexity index is 1480. The highest BCUT2D eigenvalue weighted by Crippen LogP contribution is 2.27. The first-order valence-corrected chi connectivity index (χ1v) is 13.4. The molecule has 2 aromatic heterocycles. The first kappa shape index (κ1) is 30.7. The van der Waals surface area contributed by atoms with Gasteiger partial charge in [0.25, 0.3) is 11.8 Å². The lowest BCUT2D eigenvalue weighted by Crippen LogP contribution is -2.42. The molecule has 42 heavy (non-hydrogen) atoms. The molecule has 9 nitrogen and oxygen atoms in total. The maximum absolute atomic E-state index is 13.2. The zero-order chi connectivity index (χ0) is 30.5. The third kappa shape index (κ3) is 8.15. The molecule has 1 unspecified atom stereocenters. The van der Waals surface area contributed by atoms with E-state index in [2.05, 4.69) is 20.1 Å². The number of hydrogen-bond acceptors (Lipinski definition) is 7. The number of nitrogens with zero attached hydrogens (tertiary/aromatic N) is 4. The number of ether oxygens (including phenoxy) is 1. The summed E-state index contributed by atoms with van der Waals surface area (Å²) in [5.41, 5.74) is 0.872. The number of nitriles is 1. The Morgan fingerprint density at radius 3 is 2.64 bits per heavy atom. The maximum atomic E-state index is 13.2. The van der Waals surface area contributed by atoms with Crippen molar-refractivity contribution in [1.82, 2.24) is 24.8 Å². The van der Waals surface area contributed by atoms with Crippen LogP contribution in [0.4, 0.5) is 26.3 Å². The average molecular weight is 613 g/mol. The highest BCUT2D eigenvalue weighted by Gasteiger charge is 2.35. The second-order valence-corrected chi connectivity index (χ2v) is 10.1. The minimum atomic E-state index is -4.48. The van der Waals surface area contributed by atoms with E-state index in [4.69, 9.17) is 10.00 Å². The molecule has 0 saturated carbocycles.